The second kappa shape index (κ2) is 10.6. The van der Waals surface area contributed by atoms with Gasteiger partial charge in [0.15, 0.2) is 0 Å². The summed E-state index contributed by atoms with van der Waals surface area (Å²) in [6, 6.07) is 14.9. The van der Waals surface area contributed by atoms with E-state index in [0.717, 1.165) is 30.6 Å². The minimum atomic E-state index is -4.27. The lowest BCUT2D eigenvalue weighted by Gasteiger charge is -2.33. The molecule has 0 unspecified atom stereocenters. The maximum atomic E-state index is 12.3. The Labute approximate surface area is 197 Å². The van der Waals surface area contributed by atoms with Gasteiger partial charge in [-0.1, -0.05) is 47.5 Å². The number of rotatable bonds is 4. The minimum absolute atomic E-state index is 0.178. The molecule has 0 saturated carbocycles. The zero-order valence-corrected chi connectivity index (χ0v) is 20.0. The van der Waals surface area contributed by atoms with Crippen LogP contribution in [0, 0.1) is 6.92 Å². The fraction of sp³-hybridized carbons (Fsp3) is 0.261. The second-order valence-electron chi connectivity index (χ2n) is 7.30. The van der Waals surface area contributed by atoms with Crippen LogP contribution in [0.4, 0.5) is 0 Å². The van der Waals surface area contributed by atoms with Crippen molar-refractivity contribution in [1.29, 1.82) is 0 Å². The van der Waals surface area contributed by atoms with Gasteiger partial charge < -0.3 is 9.29 Å². The van der Waals surface area contributed by atoms with E-state index in [4.69, 9.17) is 16.3 Å². The Kier molecular flexibility index (Phi) is 8.08. The predicted octanol–water partition coefficient (Wildman–Crippen LogP) is 4.57. The maximum absolute atomic E-state index is 12.3. The molecule has 4 rings (SSSR count). The van der Waals surface area contributed by atoms with Gasteiger partial charge in [-0.3, -0.25) is 4.90 Å². The predicted molar refractivity (Wildman–Crippen MR) is 124 cm³/mol. The molecule has 9 heteroatoms. The third-order valence-corrected chi connectivity index (χ3v) is 7.35. The Hall–Kier alpha value is -2.23. The SMILES string of the molecule is COC(=O)[C@H](c1ccccc1Cl)N1CCc2sccc2C1.Cc1ccc(S(=O)(=O)[O-])cc1. The van der Waals surface area contributed by atoms with Crippen LogP contribution >= 0.6 is 22.9 Å². The van der Waals surface area contributed by atoms with Crippen molar-refractivity contribution in [2.75, 3.05) is 13.7 Å². The molecular formula is C23H23ClNO5S2-. The summed E-state index contributed by atoms with van der Waals surface area (Å²) >= 11 is 8.07. The van der Waals surface area contributed by atoms with Crippen molar-refractivity contribution in [2.45, 2.75) is 30.8 Å². The van der Waals surface area contributed by atoms with Gasteiger partial charge in [-0.25, -0.2) is 13.2 Å². The van der Waals surface area contributed by atoms with Crippen molar-refractivity contribution in [2.24, 2.45) is 0 Å². The third-order valence-electron chi connectivity index (χ3n) is 5.14. The molecule has 2 heterocycles. The van der Waals surface area contributed by atoms with E-state index in [-0.39, 0.29) is 10.9 Å². The lowest BCUT2D eigenvalue weighted by atomic mass is 10.0. The number of thiophene rings is 1. The van der Waals surface area contributed by atoms with E-state index in [1.165, 1.54) is 29.7 Å². The zero-order chi connectivity index (χ0) is 23.3. The summed E-state index contributed by atoms with van der Waals surface area (Å²) in [4.78, 5) is 15.7. The summed E-state index contributed by atoms with van der Waals surface area (Å²) in [5.41, 5.74) is 3.04. The lowest BCUT2D eigenvalue weighted by molar-refractivity contribution is -0.147. The number of carbonyl (C=O) groups is 1. The van der Waals surface area contributed by atoms with E-state index in [1.54, 1.807) is 23.5 Å². The molecule has 6 nitrogen and oxygen atoms in total. The summed E-state index contributed by atoms with van der Waals surface area (Å²) < 4.78 is 36.2. The minimum Gasteiger partial charge on any atom is -0.744 e. The molecule has 1 aromatic heterocycles. The number of hydrogen-bond acceptors (Lipinski definition) is 7. The fourth-order valence-electron chi connectivity index (χ4n) is 3.48. The number of hydrogen-bond donors (Lipinski definition) is 0. The summed E-state index contributed by atoms with van der Waals surface area (Å²) in [5.74, 6) is -0.262. The summed E-state index contributed by atoms with van der Waals surface area (Å²) in [5, 5.41) is 2.71. The van der Waals surface area contributed by atoms with E-state index < -0.39 is 16.2 Å². The summed E-state index contributed by atoms with van der Waals surface area (Å²) in [6.07, 6.45) is 0.963. The normalized spacial score (nSPS) is 14.6. The number of nitrogens with zero attached hydrogens (tertiary/aromatic N) is 1. The van der Waals surface area contributed by atoms with Crippen LogP contribution in [0.25, 0.3) is 0 Å². The van der Waals surface area contributed by atoms with Gasteiger partial charge in [0, 0.05) is 23.0 Å². The number of methoxy groups -OCH3 is 1. The molecule has 0 radical (unpaired) electrons. The first kappa shape index (κ1) is 24.4. The Morgan fingerprint density at radius 1 is 1.16 bits per heavy atom. The molecule has 170 valence electrons. The number of esters is 1. The summed E-state index contributed by atoms with van der Waals surface area (Å²) in [6.45, 7) is 3.41. The van der Waals surface area contributed by atoms with Gasteiger partial charge in [-0.2, -0.15) is 0 Å². The molecule has 1 aliphatic heterocycles. The molecule has 1 atom stereocenters. The van der Waals surface area contributed by atoms with Crippen LogP contribution < -0.4 is 0 Å². The maximum Gasteiger partial charge on any atom is 0.327 e. The number of ether oxygens (including phenoxy) is 1. The van der Waals surface area contributed by atoms with Crippen LogP contribution in [0.2, 0.25) is 5.02 Å². The van der Waals surface area contributed by atoms with Crippen LogP contribution in [-0.4, -0.2) is 37.5 Å². The largest absolute Gasteiger partial charge is 0.744 e. The first-order chi connectivity index (χ1) is 15.2. The highest BCUT2D eigenvalue weighted by Crippen LogP contribution is 2.33. The molecule has 1 aliphatic rings. The molecule has 0 saturated heterocycles. The van der Waals surface area contributed by atoms with E-state index in [9.17, 15) is 17.8 Å². The molecular weight excluding hydrogens is 470 g/mol. The van der Waals surface area contributed by atoms with E-state index >= 15 is 0 Å². The zero-order valence-electron chi connectivity index (χ0n) is 17.7. The lowest BCUT2D eigenvalue weighted by Crippen LogP contribution is -2.38. The van der Waals surface area contributed by atoms with Crippen LogP contribution in [-0.2, 0) is 32.6 Å². The van der Waals surface area contributed by atoms with Crippen molar-refractivity contribution >= 4 is 39.0 Å². The first-order valence-electron chi connectivity index (χ1n) is 9.85. The van der Waals surface area contributed by atoms with Gasteiger partial charge in [0.05, 0.1) is 12.0 Å². The Morgan fingerprint density at radius 2 is 1.84 bits per heavy atom. The van der Waals surface area contributed by atoms with E-state index in [1.807, 2.05) is 31.2 Å². The van der Waals surface area contributed by atoms with Crippen molar-refractivity contribution in [1.82, 2.24) is 4.90 Å². The monoisotopic (exact) mass is 492 g/mol. The highest BCUT2D eigenvalue weighted by molar-refractivity contribution is 7.85. The highest BCUT2D eigenvalue weighted by atomic mass is 35.5. The van der Waals surface area contributed by atoms with E-state index in [2.05, 4.69) is 16.3 Å². The second-order valence-corrected chi connectivity index (χ2v) is 10.1. The van der Waals surface area contributed by atoms with E-state index in [0.29, 0.717) is 5.02 Å². The van der Waals surface area contributed by atoms with Gasteiger partial charge in [-0.15, -0.1) is 11.3 Å². The van der Waals surface area contributed by atoms with Gasteiger partial charge in [-0.05, 0) is 54.1 Å². The summed E-state index contributed by atoms with van der Waals surface area (Å²) in [7, 11) is -2.85. The average molecular weight is 493 g/mol. The Bertz CT molecular complexity index is 1180. The van der Waals surface area contributed by atoms with Crippen molar-refractivity contribution in [3.63, 3.8) is 0 Å². The molecule has 0 bridgehead atoms. The molecule has 0 N–H and O–H groups in total. The molecule has 3 aromatic rings. The smallest absolute Gasteiger partial charge is 0.327 e. The van der Waals surface area contributed by atoms with Crippen LogP contribution in [0.1, 0.15) is 27.6 Å². The standard InChI is InChI=1S/C16H16ClNO2S.C7H8O3S/c1-20-16(19)15(12-4-2-3-5-13(12)17)18-8-6-14-11(10-18)7-9-21-14;1-6-2-4-7(5-3-6)11(8,9)10/h2-5,7,9,15H,6,8,10H2,1H3;2-5H,1H3,(H,8,9,10)/p-1/t15-;/m0./s1. The Morgan fingerprint density at radius 3 is 2.47 bits per heavy atom. The van der Waals surface area contributed by atoms with Crippen LogP contribution in [0.15, 0.2) is 64.9 Å². The molecule has 32 heavy (non-hydrogen) atoms. The Balaban J connectivity index is 0.000000222. The van der Waals surface area contributed by atoms with Gasteiger partial charge in [0.1, 0.15) is 16.2 Å². The average Bonchev–Trinajstić information content (AvgIpc) is 3.23. The molecule has 0 amide bonds. The first-order valence-corrected chi connectivity index (χ1v) is 12.5. The number of halogens is 1. The fourth-order valence-corrected chi connectivity index (χ4v) is 5.08. The van der Waals surface area contributed by atoms with Gasteiger partial charge in [0.25, 0.3) is 0 Å². The van der Waals surface area contributed by atoms with Gasteiger partial charge in [0.2, 0.25) is 0 Å². The third kappa shape index (κ3) is 5.96. The highest BCUT2D eigenvalue weighted by Gasteiger charge is 2.32. The van der Waals surface area contributed by atoms with Crippen molar-refractivity contribution < 1.29 is 22.5 Å². The van der Waals surface area contributed by atoms with Crippen molar-refractivity contribution in [3.8, 4) is 0 Å². The number of fused-ring (bicyclic) bond motifs is 1. The van der Waals surface area contributed by atoms with Gasteiger partial charge >= 0.3 is 5.97 Å². The number of benzene rings is 2. The van der Waals surface area contributed by atoms with Crippen LogP contribution in [0.5, 0.6) is 0 Å². The number of aryl methyl sites for hydroxylation is 1. The molecule has 2 aromatic carbocycles. The number of carbonyl (C=O) groups excluding carboxylic acids is 1. The topological polar surface area (TPSA) is 86.7 Å². The molecule has 0 fully saturated rings. The molecule has 0 spiro atoms. The van der Waals surface area contributed by atoms with Crippen LogP contribution in [0.3, 0.4) is 0 Å². The quantitative estimate of drug-likeness (QED) is 0.391. The van der Waals surface area contributed by atoms with Crippen molar-refractivity contribution in [3.05, 3.63) is 86.6 Å². The molecule has 0 aliphatic carbocycles.